The first-order chi connectivity index (χ1) is 46.0. The minimum Gasteiger partial charge on any atom is -0.756 e. The third-order valence-corrected chi connectivity index (χ3v) is 21.1. The average molecular weight is 1350 g/mol. The molecule has 0 aromatic heterocycles. The summed E-state index contributed by atoms with van der Waals surface area (Å²) in [6, 6.07) is 0. The molecule has 10 heteroatoms. The number of ether oxygens (including phenoxy) is 2. The highest BCUT2D eigenvalue weighted by atomic mass is 31.2. The van der Waals surface area contributed by atoms with Crippen LogP contribution in [0.5, 0.6) is 0 Å². The molecule has 0 heterocycles. The molecule has 0 bridgehead atoms. The predicted octanol–water partition coefficient (Wildman–Crippen LogP) is 27.8. The second-order valence-corrected chi connectivity index (χ2v) is 32.3. The number of quaternary nitrogens is 1. The van der Waals surface area contributed by atoms with Crippen LogP contribution >= 0.6 is 7.82 Å². The van der Waals surface area contributed by atoms with Gasteiger partial charge in [0.05, 0.1) is 27.7 Å². The van der Waals surface area contributed by atoms with Crippen LogP contribution in [0.25, 0.3) is 0 Å². The molecule has 2 atom stereocenters. The van der Waals surface area contributed by atoms with Gasteiger partial charge in [-0.15, -0.1) is 0 Å². The number of unbranched alkanes of at least 4 members (excludes halogenated alkanes) is 68. The van der Waals surface area contributed by atoms with Crippen molar-refractivity contribution in [3.63, 3.8) is 0 Å². The van der Waals surface area contributed by atoms with Crippen LogP contribution in [-0.2, 0) is 32.7 Å². The van der Waals surface area contributed by atoms with Crippen LogP contribution < -0.4 is 4.89 Å². The van der Waals surface area contributed by atoms with Crippen LogP contribution in [-0.4, -0.2) is 70.0 Å². The third-order valence-electron chi connectivity index (χ3n) is 20.1. The van der Waals surface area contributed by atoms with Gasteiger partial charge in [0.25, 0.3) is 7.82 Å². The lowest BCUT2D eigenvalue weighted by Gasteiger charge is -2.28. The molecule has 0 aliphatic rings. The van der Waals surface area contributed by atoms with Gasteiger partial charge in [-0.3, -0.25) is 14.2 Å². The molecule has 562 valence electrons. The minimum atomic E-state index is -4.64. The maximum absolute atomic E-state index is 12.9. The summed E-state index contributed by atoms with van der Waals surface area (Å²) in [5.41, 5.74) is 0. The number of carbonyl (C=O) groups excluding carboxylic acids is 2. The zero-order chi connectivity index (χ0) is 68.3. The highest BCUT2D eigenvalue weighted by molar-refractivity contribution is 7.45. The van der Waals surface area contributed by atoms with Gasteiger partial charge in [0, 0.05) is 12.8 Å². The Hall–Kier alpha value is -0.990. The van der Waals surface area contributed by atoms with Crippen LogP contribution in [0.4, 0.5) is 0 Å². The van der Waals surface area contributed by atoms with Gasteiger partial charge < -0.3 is 27.9 Å². The molecule has 0 aromatic rings. The van der Waals surface area contributed by atoms with Gasteiger partial charge in [0.15, 0.2) is 6.10 Å². The molecule has 0 amide bonds. The molecule has 0 N–H and O–H groups in total. The maximum Gasteiger partial charge on any atom is 0.306 e. The maximum atomic E-state index is 12.9. The fraction of sp³-hybridized carbons (Fsp3) is 0.976. The van der Waals surface area contributed by atoms with Crippen LogP contribution in [0.15, 0.2) is 0 Å². The molecule has 0 rings (SSSR count). The summed E-state index contributed by atoms with van der Waals surface area (Å²) >= 11 is 0. The lowest BCUT2D eigenvalue weighted by molar-refractivity contribution is -0.870. The Morgan fingerprint density at radius 1 is 0.287 bits per heavy atom. The standard InChI is InChI=1S/C84H168NO8P/c1-6-8-10-12-14-16-18-20-22-24-26-28-30-32-34-36-38-40-42-43-45-47-49-51-53-55-57-59-61-63-65-67-69-71-73-75-77-84(87)93-82(81-92-94(88,89)91-79-78-85(3,4)5)80-90-83(86)76-74-72-70-68-66-64-62-60-58-56-54-52-50-48-46-44-41-39-37-35-33-31-29-27-25-23-21-19-17-15-13-11-9-7-2/h82H,6-81H2,1-5H3. The Morgan fingerprint density at radius 2 is 0.479 bits per heavy atom. The van der Waals surface area contributed by atoms with E-state index in [1.165, 1.54) is 411 Å². The molecule has 9 nitrogen and oxygen atoms in total. The number of carbonyl (C=O) groups is 2. The highest BCUT2D eigenvalue weighted by Gasteiger charge is 2.22. The fourth-order valence-electron chi connectivity index (χ4n) is 13.6. The molecule has 0 aliphatic carbocycles. The number of nitrogens with zero attached hydrogens (tertiary/aromatic N) is 1. The smallest absolute Gasteiger partial charge is 0.306 e. The van der Waals surface area contributed by atoms with Gasteiger partial charge in [-0.2, -0.15) is 0 Å². The Morgan fingerprint density at radius 3 is 0.681 bits per heavy atom. The summed E-state index contributed by atoms with van der Waals surface area (Å²) in [5.74, 6) is -0.799. The summed E-state index contributed by atoms with van der Waals surface area (Å²) in [7, 11) is 1.20. The van der Waals surface area contributed by atoms with Crippen molar-refractivity contribution >= 4 is 19.8 Å². The Kier molecular flexibility index (Phi) is 75.4. The lowest BCUT2D eigenvalue weighted by atomic mass is 10.0. The van der Waals surface area contributed by atoms with Crippen molar-refractivity contribution in [2.24, 2.45) is 0 Å². The number of esters is 2. The number of rotatable bonds is 82. The van der Waals surface area contributed by atoms with Crippen molar-refractivity contribution in [1.29, 1.82) is 0 Å². The number of hydrogen-bond donors (Lipinski definition) is 0. The van der Waals surface area contributed by atoms with E-state index >= 15 is 0 Å². The van der Waals surface area contributed by atoms with E-state index in [1.54, 1.807) is 0 Å². The third kappa shape index (κ3) is 80.0. The molecule has 0 saturated heterocycles. The summed E-state index contributed by atoms with van der Waals surface area (Å²) < 4.78 is 34.5. The van der Waals surface area contributed by atoms with E-state index in [9.17, 15) is 19.0 Å². The van der Waals surface area contributed by atoms with Crippen molar-refractivity contribution in [3.8, 4) is 0 Å². The van der Waals surface area contributed by atoms with Crippen molar-refractivity contribution in [2.75, 3.05) is 47.5 Å². The second kappa shape index (κ2) is 76.2. The van der Waals surface area contributed by atoms with Crippen LogP contribution in [0.3, 0.4) is 0 Å². The molecular formula is C84H168NO8P. The monoisotopic (exact) mass is 1350 g/mol. The zero-order valence-electron chi connectivity index (χ0n) is 64.5. The van der Waals surface area contributed by atoms with E-state index in [4.69, 9.17) is 18.5 Å². The fourth-order valence-corrected chi connectivity index (χ4v) is 14.3. The van der Waals surface area contributed by atoms with Gasteiger partial charge in [0.2, 0.25) is 0 Å². The van der Waals surface area contributed by atoms with Gasteiger partial charge in [-0.25, -0.2) is 0 Å². The second-order valence-electron chi connectivity index (χ2n) is 30.9. The Bertz CT molecular complexity index is 1540. The molecule has 0 saturated carbocycles. The molecule has 0 aromatic carbocycles. The van der Waals surface area contributed by atoms with E-state index < -0.39 is 26.5 Å². The average Bonchev–Trinajstić information content (AvgIpc) is 1.56. The minimum absolute atomic E-state index is 0.0246. The van der Waals surface area contributed by atoms with Gasteiger partial charge >= 0.3 is 11.9 Å². The van der Waals surface area contributed by atoms with Crippen LogP contribution in [0.2, 0.25) is 0 Å². The van der Waals surface area contributed by atoms with Gasteiger partial charge in [-0.1, -0.05) is 450 Å². The molecule has 0 spiro atoms. The largest absolute Gasteiger partial charge is 0.756 e. The summed E-state index contributed by atoms with van der Waals surface area (Å²) in [6.45, 7) is 4.36. The summed E-state index contributed by atoms with van der Waals surface area (Å²) in [4.78, 5) is 38.2. The molecule has 94 heavy (non-hydrogen) atoms. The first-order valence-electron chi connectivity index (χ1n) is 42.7. The number of likely N-dealkylation sites (N-methyl/N-ethyl adjacent to an activating group) is 1. The zero-order valence-corrected chi connectivity index (χ0v) is 65.4. The highest BCUT2D eigenvalue weighted by Crippen LogP contribution is 2.38. The van der Waals surface area contributed by atoms with E-state index in [2.05, 4.69) is 13.8 Å². The molecule has 0 radical (unpaired) electrons. The van der Waals surface area contributed by atoms with Gasteiger partial charge in [0.1, 0.15) is 19.8 Å². The van der Waals surface area contributed by atoms with Crippen molar-refractivity contribution in [3.05, 3.63) is 0 Å². The summed E-state index contributed by atoms with van der Waals surface area (Å²) in [5, 5.41) is 0. The van der Waals surface area contributed by atoms with E-state index in [-0.39, 0.29) is 32.0 Å². The quantitative estimate of drug-likeness (QED) is 0.0256. The van der Waals surface area contributed by atoms with Crippen molar-refractivity contribution < 1.29 is 42.1 Å². The lowest BCUT2D eigenvalue weighted by Crippen LogP contribution is -2.37. The normalized spacial score (nSPS) is 12.9. The molecule has 0 fully saturated rings. The van der Waals surface area contributed by atoms with Gasteiger partial charge in [-0.05, 0) is 12.8 Å². The molecule has 2 unspecified atom stereocenters. The SMILES string of the molecule is CCCCCCCCCCCCCCCCCCCCCCCCCCCCCCCCCCCCCCC(=O)OC(COC(=O)CCCCCCCCCCCCCCCCCCCCCCCCCCCCCCCCCCCC)COP(=O)([O-])OCC[N+](C)(C)C. The van der Waals surface area contributed by atoms with Crippen LogP contribution in [0, 0.1) is 0 Å². The van der Waals surface area contributed by atoms with E-state index in [0.717, 1.165) is 32.1 Å². The Labute approximate surface area is 588 Å². The van der Waals surface area contributed by atoms with E-state index in [0.29, 0.717) is 17.4 Å². The first-order valence-corrected chi connectivity index (χ1v) is 44.2. The number of phosphoric acid groups is 1. The number of phosphoric ester groups is 1. The van der Waals surface area contributed by atoms with Crippen molar-refractivity contribution in [2.45, 2.75) is 482 Å². The molecule has 0 aliphatic heterocycles. The topological polar surface area (TPSA) is 111 Å². The van der Waals surface area contributed by atoms with Crippen molar-refractivity contribution in [1.82, 2.24) is 0 Å². The first kappa shape index (κ1) is 93.0. The Balaban J connectivity index is 3.85. The number of hydrogen-bond acceptors (Lipinski definition) is 8. The molecular weight excluding hydrogens is 1180 g/mol. The predicted molar refractivity (Wildman–Crippen MR) is 407 cm³/mol. The van der Waals surface area contributed by atoms with E-state index in [1.807, 2.05) is 21.1 Å². The van der Waals surface area contributed by atoms with Crippen LogP contribution in [0.1, 0.15) is 476 Å². The summed E-state index contributed by atoms with van der Waals surface area (Å²) in [6.07, 6.45) is 95.5.